The zero-order chi connectivity index (χ0) is 18.7. The lowest BCUT2D eigenvalue weighted by molar-refractivity contribution is -0.129. The smallest absolute Gasteiger partial charge is 0.273 e. The second-order valence-electron chi connectivity index (χ2n) is 6.39. The van der Waals surface area contributed by atoms with E-state index in [1.807, 2.05) is 13.8 Å². The van der Waals surface area contributed by atoms with Gasteiger partial charge in [0.1, 0.15) is 17.8 Å². The molecule has 1 aromatic carbocycles. The maximum absolute atomic E-state index is 13.1. The first-order chi connectivity index (χ1) is 12.4. The Hall–Kier alpha value is -2.90. The summed E-state index contributed by atoms with van der Waals surface area (Å²) in [6, 6.07) is 5.55. The third kappa shape index (κ3) is 4.19. The van der Waals surface area contributed by atoms with Crippen molar-refractivity contribution in [2.75, 3.05) is 6.54 Å². The van der Waals surface area contributed by atoms with Crippen molar-refractivity contribution in [3.8, 4) is 5.75 Å². The summed E-state index contributed by atoms with van der Waals surface area (Å²) >= 11 is 0. The largest absolute Gasteiger partial charge is 0.484 e. The summed E-state index contributed by atoms with van der Waals surface area (Å²) in [6.07, 6.45) is 1.51. The lowest BCUT2D eigenvalue weighted by Crippen LogP contribution is -2.39. The summed E-state index contributed by atoms with van der Waals surface area (Å²) < 4.78 is 23.7. The molecule has 0 radical (unpaired) electrons. The molecule has 2 amide bonds. The van der Waals surface area contributed by atoms with Gasteiger partial charge in [0.25, 0.3) is 5.91 Å². The van der Waals surface area contributed by atoms with E-state index < -0.39 is 11.7 Å². The van der Waals surface area contributed by atoms with Crippen LogP contribution in [0, 0.1) is 5.82 Å². The molecule has 0 unspecified atom stereocenters. The van der Waals surface area contributed by atoms with Crippen molar-refractivity contribution in [2.24, 2.45) is 0 Å². The van der Waals surface area contributed by atoms with Crippen molar-refractivity contribution in [1.82, 2.24) is 15.2 Å². The molecule has 1 fully saturated rings. The van der Waals surface area contributed by atoms with Crippen molar-refractivity contribution in [3.63, 3.8) is 0 Å². The maximum atomic E-state index is 13.1. The van der Waals surface area contributed by atoms with E-state index in [-0.39, 0.29) is 42.6 Å². The van der Waals surface area contributed by atoms with Gasteiger partial charge in [0, 0.05) is 25.1 Å². The highest BCUT2D eigenvalue weighted by molar-refractivity contribution is 5.93. The minimum absolute atomic E-state index is 0.0228. The normalized spacial score (nSPS) is 17.0. The molecule has 138 valence electrons. The molecular formula is C18H20FN3O4. The summed E-state index contributed by atoms with van der Waals surface area (Å²) in [5.74, 6) is -0.251. The molecule has 1 aliphatic rings. The fraction of sp³-hybridized carbons (Fsp3) is 0.389. The van der Waals surface area contributed by atoms with E-state index in [1.54, 1.807) is 11.0 Å². The number of nitrogens with zero attached hydrogens (tertiary/aromatic N) is 2. The molecule has 1 aliphatic heterocycles. The van der Waals surface area contributed by atoms with Gasteiger partial charge in [-0.2, -0.15) is 0 Å². The van der Waals surface area contributed by atoms with E-state index in [9.17, 15) is 14.0 Å². The van der Waals surface area contributed by atoms with Gasteiger partial charge in [-0.3, -0.25) is 9.59 Å². The van der Waals surface area contributed by atoms with Gasteiger partial charge in [0.2, 0.25) is 11.8 Å². The van der Waals surface area contributed by atoms with E-state index in [1.165, 1.54) is 24.5 Å². The van der Waals surface area contributed by atoms with Gasteiger partial charge in [0.05, 0.1) is 6.04 Å². The highest BCUT2D eigenvalue weighted by Crippen LogP contribution is 2.16. The molecule has 2 aromatic rings. The predicted octanol–water partition coefficient (Wildman–Crippen LogP) is 2.13. The monoisotopic (exact) mass is 361 g/mol. The summed E-state index contributed by atoms with van der Waals surface area (Å²) in [7, 11) is 0. The maximum Gasteiger partial charge on any atom is 0.273 e. The number of nitrogens with one attached hydrogen (secondary N) is 1. The fourth-order valence-corrected chi connectivity index (χ4v) is 2.77. The van der Waals surface area contributed by atoms with Gasteiger partial charge in [0.15, 0.2) is 12.3 Å². The average Bonchev–Trinajstić information content (AvgIpc) is 3.20. The van der Waals surface area contributed by atoms with Crippen LogP contribution in [0.5, 0.6) is 5.75 Å². The summed E-state index contributed by atoms with van der Waals surface area (Å²) in [5.41, 5.74) is 0.110. The molecular weight excluding hydrogens is 341 g/mol. The zero-order valence-electron chi connectivity index (χ0n) is 14.6. The van der Waals surface area contributed by atoms with Gasteiger partial charge >= 0.3 is 0 Å². The summed E-state index contributed by atoms with van der Waals surface area (Å²) in [4.78, 5) is 29.9. The Morgan fingerprint density at radius 2 is 2.31 bits per heavy atom. The van der Waals surface area contributed by atoms with E-state index in [4.69, 9.17) is 9.15 Å². The molecule has 1 atom stereocenters. The number of amides is 2. The van der Waals surface area contributed by atoms with Gasteiger partial charge in [-0.25, -0.2) is 9.37 Å². The van der Waals surface area contributed by atoms with Crippen LogP contribution in [0.25, 0.3) is 0 Å². The van der Waals surface area contributed by atoms with Crippen LogP contribution in [0.3, 0.4) is 0 Å². The van der Waals surface area contributed by atoms with E-state index >= 15 is 0 Å². The number of rotatable bonds is 6. The first kappa shape index (κ1) is 17.9. The molecule has 0 aliphatic carbocycles. The third-order valence-corrected chi connectivity index (χ3v) is 4.06. The lowest BCUT2D eigenvalue weighted by atomic mass is 10.2. The molecule has 26 heavy (non-hydrogen) atoms. The number of benzene rings is 1. The van der Waals surface area contributed by atoms with Gasteiger partial charge in [-0.15, -0.1) is 0 Å². The van der Waals surface area contributed by atoms with Crippen LogP contribution in [0.15, 0.2) is 34.9 Å². The molecule has 1 aromatic heterocycles. The molecule has 1 saturated heterocycles. The van der Waals surface area contributed by atoms with Crippen LogP contribution in [-0.2, 0) is 11.4 Å². The number of carbonyl (C=O) groups is 2. The molecule has 0 spiro atoms. The van der Waals surface area contributed by atoms with Crippen molar-refractivity contribution >= 4 is 11.8 Å². The van der Waals surface area contributed by atoms with Gasteiger partial charge in [-0.05, 0) is 26.0 Å². The van der Waals surface area contributed by atoms with Gasteiger partial charge in [-0.1, -0.05) is 6.07 Å². The standard InChI is InChI=1S/C18H20FN3O4/c1-11(2)22-8-13(7-17(22)23)20-18(24)15-9-26-16(21-15)10-25-14-5-3-4-12(19)6-14/h3-6,9,11,13H,7-8,10H2,1-2H3,(H,20,24)/t13-/m1/s1. The SMILES string of the molecule is CC(C)N1C[C@H](NC(=O)c2coc(COc3cccc(F)c3)n2)CC1=O. The molecule has 7 nitrogen and oxygen atoms in total. The second kappa shape index (κ2) is 7.55. The lowest BCUT2D eigenvalue weighted by Gasteiger charge is -2.20. The number of likely N-dealkylation sites (tertiary alicyclic amines) is 1. The first-order valence-corrected chi connectivity index (χ1v) is 8.35. The van der Waals surface area contributed by atoms with Crippen molar-refractivity contribution < 1.29 is 23.1 Å². The van der Waals surface area contributed by atoms with Crippen LogP contribution >= 0.6 is 0 Å². The Morgan fingerprint density at radius 1 is 1.50 bits per heavy atom. The van der Waals surface area contributed by atoms with E-state index in [0.29, 0.717) is 12.3 Å². The number of hydrogen-bond donors (Lipinski definition) is 1. The van der Waals surface area contributed by atoms with Gasteiger partial charge < -0.3 is 19.4 Å². The van der Waals surface area contributed by atoms with Crippen molar-refractivity contribution in [3.05, 3.63) is 47.9 Å². The van der Waals surface area contributed by atoms with Crippen molar-refractivity contribution in [1.29, 1.82) is 0 Å². The Morgan fingerprint density at radius 3 is 3.00 bits per heavy atom. The van der Waals surface area contributed by atoms with Crippen LogP contribution in [0.1, 0.15) is 36.6 Å². The van der Waals surface area contributed by atoms with E-state index in [2.05, 4.69) is 10.3 Å². The number of oxazole rings is 1. The average molecular weight is 361 g/mol. The highest BCUT2D eigenvalue weighted by atomic mass is 19.1. The number of halogens is 1. The Bertz CT molecular complexity index is 805. The minimum atomic E-state index is -0.408. The van der Waals surface area contributed by atoms with Crippen LogP contribution in [0.4, 0.5) is 4.39 Å². The number of aromatic nitrogens is 1. The topological polar surface area (TPSA) is 84.7 Å². The van der Waals surface area contributed by atoms with Crippen LogP contribution in [-0.4, -0.2) is 40.3 Å². The Balaban J connectivity index is 1.54. The van der Waals surface area contributed by atoms with Crippen LogP contribution in [0.2, 0.25) is 0 Å². The Labute approximate surface area is 150 Å². The third-order valence-electron chi connectivity index (χ3n) is 4.06. The summed E-state index contributed by atoms with van der Waals surface area (Å²) in [5, 5.41) is 2.79. The first-order valence-electron chi connectivity index (χ1n) is 8.35. The molecule has 8 heteroatoms. The minimum Gasteiger partial charge on any atom is -0.484 e. The zero-order valence-corrected chi connectivity index (χ0v) is 14.6. The van der Waals surface area contributed by atoms with E-state index in [0.717, 1.165) is 0 Å². The summed E-state index contributed by atoms with van der Waals surface area (Å²) in [6.45, 7) is 4.32. The molecule has 1 N–H and O–H groups in total. The second-order valence-corrected chi connectivity index (χ2v) is 6.39. The fourth-order valence-electron chi connectivity index (χ4n) is 2.77. The quantitative estimate of drug-likeness (QED) is 0.852. The predicted molar refractivity (Wildman–Crippen MR) is 90.0 cm³/mol. The molecule has 0 saturated carbocycles. The van der Waals surface area contributed by atoms with Crippen molar-refractivity contribution in [2.45, 2.75) is 39.0 Å². The highest BCUT2D eigenvalue weighted by Gasteiger charge is 2.32. The number of hydrogen-bond acceptors (Lipinski definition) is 5. The molecule has 0 bridgehead atoms. The molecule has 2 heterocycles. The number of carbonyl (C=O) groups excluding carboxylic acids is 2. The Kier molecular flexibility index (Phi) is 5.20. The van der Waals surface area contributed by atoms with Crippen LogP contribution < -0.4 is 10.1 Å². The molecule has 3 rings (SSSR count). The number of ether oxygens (including phenoxy) is 1.